The highest BCUT2D eigenvalue weighted by Gasteiger charge is 2.17. The van der Waals surface area contributed by atoms with Gasteiger partial charge in [-0.1, -0.05) is 48.5 Å². The molecule has 0 aliphatic heterocycles. The Morgan fingerprint density at radius 1 is 0.957 bits per heavy atom. The summed E-state index contributed by atoms with van der Waals surface area (Å²) in [5.74, 6) is 0.0456. The van der Waals surface area contributed by atoms with E-state index in [2.05, 4.69) is 5.32 Å². The second kappa shape index (κ2) is 9.64. The minimum Gasteiger partial charge on any atom is -0.494 e. The van der Waals surface area contributed by atoms with Crippen LogP contribution in [-0.4, -0.2) is 24.2 Å². The monoisotopic (exact) mass is 313 g/mol. The number of hydrogen-bond donors (Lipinski definition) is 2. The van der Waals surface area contributed by atoms with Gasteiger partial charge >= 0.3 is 5.97 Å². The summed E-state index contributed by atoms with van der Waals surface area (Å²) in [4.78, 5) is 11.3. The number of nitrogens with one attached hydrogen (secondary N) is 1. The first kappa shape index (κ1) is 17.0. The summed E-state index contributed by atoms with van der Waals surface area (Å²) in [6.07, 6.45) is 2.88. The van der Waals surface area contributed by atoms with E-state index in [1.807, 2.05) is 60.7 Å². The topological polar surface area (TPSA) is 58.6 Å². The number of para-hydroxylation sites is 1. The van der Waals surface area contributed by atoms with Gasteiger partial charge in [-0.2, -0.15) is 0 Å². The number of carboxylic acid groups (broad SMARTS) is 1. The van der Waals surface area contributed by atoms with E-state index in [-0.39, 0.29) is 0 Å². The van der Waals surface area contributed by atoms with Crippen LogP contribution in [0.3, 0.4) is 0 Å². The molecule has 0 aliphatic rings. The molecule has 2 aromatic carbocycles. The van der Waals surface area contributed by atoms with Gasteiger partial charge in [0.05, 0.1) is 6.61 Å². The molecule has 0 heterocycles. The largest absolute Gasteiger partial charge is 0.494 e. The standard InChI is InChI=1S/C19H23NO3/c21-19(22)18(16-10-4-1-5-11-16)20-14-8-3-9-15-23-17-12-6-2-7-13-17/h1-2,4-7,10-13,18,20H,3,8-9,14-15H2,(H,21,22)/t18-/m0/s1. The van der Waals surface area contributed by atoms with Gasteiger partial charge in [0, 0.05) is 0 Å². The Labute approximate surface area is 137 Å². The normalized spacial score (nSPS) is 11.8. The summed E-state index contributed by atoms with van der Waals surface area (Å²) in [6.45, 7) is 1.36. The van der Waals surface area contributed by atoms with E-state index in [1.54, 1.807) is 0 Å². The number of hydrogen-bond acceptors (Lipinski definition) is 3. The molecule has 23 heavy (non-hydrogen) atoms. The number of unbranched alkanes of at least 4 members (excludes halogenated alkanes) is 2. The Bertz CT molecular complexity index is 572. The van der Waals surface area contributed by atoms with E-state index >= 15 is 0 Å². The van der Waals surface area contributed by atoms with Crippen molar-refractivity contribution in [1.82, 2.24) is 5.32 Å². The molecule has 1 atom stereocenters. The zero-order valence-corrected chi connectivity index (χ0v) is 13.2. The second-order valence-electron chi connectivity index (χ2n) is 5.36. The predicted octanol–water partition coefficient (Wildman–Crippen LogP) is 3.65. The lowest BCUT2D eigenvalue weighted by Crippen LogP contribution is -2.29. The van der Waals surface area contributed by atoms with Crippen LogP contribution >= 0.6 is 0 Å². The van der Waals surface area contributed by atoms with Crippen LogP contribution in [-0.2, 0) is 4.79 Å². The van der Waals surface area contributed by atoms with Crippen LogP contribution in [0.15, 0.2) is 60.7 Å². The third-order valence-corrected chi connectivity index (χ3v) is 3.56. The van der Waals surface area contributed by atoms with Crippen molar-refractivity contribution in [2.24, 2.45) is 0 Å². The fourth-order valence-electron chi connectivity index (χ4n) is 2.35. The van der Waals surface area contributed by atoms with Gasteiger partial charge in [-0.05, 0) is 43.5 Å². The highest BCUT2D eigenvalue weighted by Crippen LogP contribution is 2.13. The first-order chi connectivity index (χ1) is 11.3. The molecule has 2 rings (SSSR count). The van der Waals surface area contributed by atoms with Crippen LogP contribution in [0.2, 0.25) is 0 Å². The number of benzene rings is 2. The summed E-state index contributed by atoms with van der Waals surface area (Å²) in [5.41, 5.74) is 0.785. The first-order valence-electron chi connectivity index (χ1n) is 7.96. The average Bonchev–Trinajstić information content (AvgIpc) is 2.58. The highest BCUT2D eigenvalue weighted by molar-refractivity contribution is 5.75. The predicted molar refractivity (Wildman–Crippen MR) is 90.6 cm³/mol. The maximum Gasteiger partial charge on any atom is 0.325 e. The quantitative estimate of drug-likeness (QED) is 0.657. The molecule has 4 heteroatoms. The molecule has 0 radical (unpaired) electrons. The zero-order valence-electron chi connectivity index (χ0n) is 13.2. The van der Waals surface area contributed by atoms with Crippen molar-refractivity contribution in [2.75, 3.05) is 13.2 Å². The second-order valence-corrected chi connectivity index (χ2v) is 5.36. The van der Waals surface area contributed by atoms with E-state index in [0.717, 1.165) is 30.6 Å². The van der Waals surface area contributed by atoms with E-state index in [9.17, 15) is 9.90 Å². The summed E-state index contributed by atoms with van der Waals surface area (Å²) in [5, 5.41) is 12.4. The molecule has 0 saturated carbocycles. The van der Waals surface area contributed by atoms with Gasteiger partial charge in [-0.25, -0.2) is 0 Å². The molecule has 4 nitrogen and oxygen atoms in total. The van der Waals surface area contributed by atoms with Crippen LogP contribution in [0.1, 0.15) is 30.9 Å². The van der Waals surface area contributed by atoms with Crippen molar-refractivity contribution in [2.45, 2.75) is 25.3 Å². The minimum atomic E-state index is -0.844. The maximum atomic E-state index is 11.3. The molecule has 2 N–H and O–H groups in total. The van der Waals surface area contributed by atoms with Gasteiger partial charge in [-0.3, -0.25) is 4.79 Å². The van der Waals surface area contributed by atoms with Crippen molar-refractivity contribution in [3.05, 3.63) is 66.2 Å². The van der Waals surface area contributed by atoms with Gasteiger partial charge in [0.25, 0.3) is 0 Å². The molecular formula is C19H23NO3. The Kier molecular flexibility index (Phi) is 7.14. The van der Waals surface area contributed by atoms with Gasteiger partial charge < -0.3 is 15.2 Å². The molecule has 0 amide bonds. The van der Waals surface area contributed by atoms with Gasteiger partial charge in [-0.15, -0.1) is 0 Å². The van der Waals surface area contributed by atoms with Crippen LogP contribution in [0.4, 0.5) is 0 Å². The minimum absolute atomic E-state index is 0.642. The van der Waals surface area contributed by atoms with E-state index in [0.29, 0.717) is 13.2 Å². The Morgan fingerprint density at radius 2 is 1.61 bits per heavy atom. The van der Waals surface area contributed by atoms with E-state index in [4.69, 9.17) is 4.74 Å². The van der Waals surface area contributed by atoms with Gasteiger partial charge in [0.15, 0.2) is 0 Å². The van der Waals surface area contributed by atoms with Crippen molar-refractivity contribution in [3.63, 3.8) is 0 Å². The molecule has 0 spiro atoms. The number of carboxylic acids is 1. The lowest BCUT2D eigenvalue weighted by Gasteiger charge is -2.14. The molecule has 0 saturated heterocycles. The van der Waals surface area contributed by atoms with Crippen LogP contribution in [0, 0.1) is 0 Å². The number of aliphatic carboxylic acids is 1. The average molecular weight is 313 g/mol. The van der Waals surface area contributed by atoms with Crippen molar-refractivity contribution >= 4 is 5.97 Å². The fourth-order valence-corrected chi connectivity index (χ4v) is 2.35. The van der Waals surface area contributed by atoms with Crippen LogP contribution in [0.25, 0.3) is 0 Å². The lowest BCUT2D eigenvalue weighted by molar-refractivity contribution is -0.139. The molecule has 122 valence electrons. The summed E-state index contributed by atoms with van der Waals surface area (Å²) < 4.78 is 5.63. The van der Waals surface area contributed by atoms with Crippen LogP contribution in [0.5, 0.6) is 5.75 Å². The number of rotatable bonds is 10. The third kappa shape index (κ3) is 6.12. The van der Waals surface area contributed by atoms with Crippen LogP contribution < -0.4 is 10.1 Å². The van der Waals surface area contributed by atoms with Gasteiger partial charge in [0.2, 0.25) is 0 Å². The molecule has 0 fully saturated rings. The van der Waals surface area contributed by atoms with Crippen molar-refractivity contribution in [3.8, 4) is 5.75 Å². The summed E-state index contributed by atoms with van der Waals surface area (Å²) in [6, 6.07) is 18.4. The molecule has 2 aromatic rings. The van der Waals surface area contributed by atoms with Crippen molar-refractivity contribution < 1.29 is 14.6 Å². The SMILES string of the molecule is O=C(O)[C@@H](NCCCCCOc1ccccc1)c1ccccc1. The van der Waals surface area contributed by atoms with Crippen molar-refractivity contribution in [1.29, 1.82) is 0 Å². The molecule has 0 unspecified atom stereocenters. The summed E-state index contributed by atoms with van der Waals surface area (Å²) >= 11 is 0. The zero-order chi connectivity index (χ0) is 16.3. The smallest absolute Gasteiger partial charge is 0.325 e. The molecular weight excluding hydrogens is 290 g/mol. The maximum absolute atomic E-state index is 11.3. The molecule has 0 aromatic heterocycles. The highest BCUT2D eigenvalue weighted by atomic mass is 16.5. The Morgan fingerprint density at radius 3 is 2.26 bits per heavy atom. The Balaban J connectivity index is 1.61. The molecule has 0 bridgehead atoms. The first-order valence-corrected chi connectivity index (χ1v) is 7.96. The third-order valence-electron chi connectivity index (χ3n) is 3.56. The van der Waals surface area contributed by atoms with Gasteiger partial charge in [0.1, 0.15) is 11.8 Å². The fraction of sp³-hybridized carbons (Fsp3) is 0.316. The number of ether oxygens (including phenoxy) is 1. The van der Waals surface area contributed by atoms with E-state index < -0.39 is 12.0 Å². The lowest BCUT2D eigenvalue weighted by atomic mass is 10.1. The number of carbonyl (C=O) groups is 1. The molecule has 0 aliphatic carbocycles. The van der Waals surface area contributed by atoms with E-state index in [1.165, 1.54) is 0 Å². The summed E-state index contributed by atoms with van der Waals surface area (Å²) in [7, 11) is 0. The Hall–Kier alpha value is -2.33.